The molecule has 4 aromatic rings. The van der Waals surface area contributed by atoms with Crippen molar-refractivity contribution in [3.8, 4) is 5.75 Å². The number of para-hydroxylation sites is 1. The van der Waals surface area contributed by atoms with Crippen molar-refractivity contribution in [2.24, 2.45) is 0 Å². The van der Waals surface area contributed by atoms with Crippen LogP contribution in [-0.4, -0.2) is 28.7 Å². The summed E-state index contributed by atoms with van der Waals surface area (Å²) in [6, 6.07) is 17.8. The molecule has 0 saturated heterocycles. The smallest absolute Gasteiger partial charge is 0.341 e. The number of aryl methyl sites for hydroxylation is 1. The highest BCUT2D eigenvalue weighted by molar-refractivity contribution is 5.98. The van der Waals surface area contributed by atoms with Gasteiger partial charge in [-0.15, -0.1) is 0 Å². The van der Waals surface area contributed by atoms with E-state index in [0.29, 0.717) is 23.6 Å². The molecule has 174 valence electrons. The van der Waals surface area contributed by atoms with E-state index in [9.17, 15) is 4.79 Å². The molecular weight excluding hydrogens is 426 g/mol. The fourth-order valence-electron chi connectivity index (χ4n) is 5.26. The minimum Gasteiger partial charge on any atom is -0.493 e. The molecule has 3 heterocycles. The molecule has 0 amide bonds. The first-order chi connectivity index (χ1) is 16.6. The predicted molar refractivity (Wildman–Crippen MR) is 134 cm³/mol. The van der Waals surface area contributed by atoms with E-state index in [1.165, 1.54) is 0 Å². The van der Waals surface area contributed by atoms with E-state index >= 15 is 0 Å². The Morgan fingerprint density at radius 3 is 2.68 bits per heavy atom. The molecule has 0 radical (unpaired) electrons. The highest BCUT2D eigenvalue weighted by atomic mass is 16.6. The molecule has 1 atom stereocenters. The van der Waals surface area contributed by atoms with Gasteiger partial charge in [0.25, 0.3) is 0 Å². The topological polar surface area (TPSA) is 65.4 Å². The van der Waals surface area contributed by atoms with Crippen LogP contribution in [0.2, 0.25) is 0 Å². The van der Waals surface area contributed by atoms with Gasteiger partial charge < -0.3 is 19.4 Å². The summed E-state index contributed by atoms with van der Waals surface area (Å²) in [7, 11) is 0. The van der Waals surface area contributed by atoms with Crippen LogP contribution in [0.1, 0.15) is 53.6 Å². The lowest BCUT2D eigenvalue weighted by Crippen LogP contribution is -2.32. The summed E-state index contributed by atoms with van der Waals surface area (Å²) in [6.07, 6.45) is 1.72. The molecule has 1 unspecified atom stereocenters. The van der Waals surface area contributed by atoms with E-state index in [4.69, 9.17) is 14.5 Å². The molecule has 6 heteroatoms. The summed E-state index contributed by atoms with van der Waals surface area (Å²) < 4.78 is 14.8. The van der Waals surface area contributed by atoms with E-state index in [-0.39, 0.29) is 5.97 Å². The highest BCUT2D eigenvalue weighted by Crippen LogP contribution is 2.52. The van der Waals surface area contributed by atoms with Gasteiger partial charge >= 0.3 is 5.97 Å². The first-order valence-electron chi connectivity index (χ1n) is 11.8. The number of pyridine rings is 1. The Morgan fingerprint density at radius 2 is 1.91 bits per heavy atom. The number of nitrogens with one attached hydrogen (secondary N) is 1. The number of esters is 1. The maximum Gasteiger partial charge on any atom is 0.341 e. The molecule has 5 rings (SSSR count). The molecule has 1 aliphatic heterocycles. The van der Waals surface area contributed by atoms with Gasteiger partial charge in [-0.05, 0) is 58.0 Å². The third-order valence-electron chi connectivity index (χ3n) is 6.55. The van der Waals surface area contributed by atoms with Gasteiger partial charge in [0.15, 0.2) is 0 Å². The molecular formula is C28H29N3O3. The standard InChI is InChI=1S/C28H29N3O3/c1-5-29-19-14-15-22(24(17-19)33-7-3)28(26-21(27(32)34-28)12-10-16-30-26)25-18(4)31(6-2)23-13-9-8-11-20(23)25/h8-17,29H,5-7H2,1-4H3. The zero-order valence-corrected chi connectivity index (χ0v) is 20.0. The van der Waals surface area contributed by atoms with Crippen molar-refractivity contribution in [3.63, 3.8) is 0 Å². The van der Waals surface area contributed by atoms with Crippen LogP contribution in [0.25, 0.3) is 10.9 Å². The van der Waals surface area contributed by atoms with E-state index < -0.39 is 5.60 Å². The van der Waals surface area contributed by atoms with Crippen molar-refractivity contribution < 1.29 is 14.3 Å². The van der Waals surface area contributed by atoms with Gasteiger partial charge in [-0.2, -0.15) is 0 Å². The molecule has 6 nitrogen and oxygen atoms in total. The molecule has 0 fully saturated rings. The normalized spacial score (nSPS) is 17.0. The van der Waals surface area contributed by atoms with E-state index in [1.54, 1.807) is 18.3 Å². The van der Waals surface area contributed by atoms with Crippen LogP contribution >= 0.6 is 0 Å². The van der Waals surface area contributed by atoms with Crippen LogP contribution in [0, 0.1) is 6.92 Å². The van der Waals surface area contributed by atoms with Crippen LogP contribution in [0.4, 0.5) is 5.69 Å². The summed E-state index contributed by atoms with van der Waals surface area (Å²) in [4.78, 5) is 18.0. The summed E-state index contributed by atoms with van der Waals surface area (Å²) >= 11 is 0. The number of benzene rings is 2. The average Bonchev–Trinajstić information content (AvgIpc) is 3.31. The van der Waals surface area contributed by atoms with Crippen LogP contribution < -0.4 is 10.1 Å². The number of carbonyl (C=O) groups is 1. The van der Waals surface area contributed by atoms with Crippen molar-refractivity contribution >= 4 is 22.6 Å². The molecule has 34 heavy (non-hydrogen) atoms. The fraction of sp³-hybridized carbons (Fsp3) is 0.286. The van der Waals surface area contributed by atoms with Gasteiger partial charge in [0.05, 0.1) is 12.2 Å². The fourth-order valence-corrected chi connectivity index (χ4v) is 5.26. The molecule has 2 aromatic carbocycles. The molecule has 0 aliphatic carbocycles. The van der Waals surface area contributed by atoms with Crippen molar-refractivity contribution in [2.45, 2.75) is 39.8 Å². The monoisotopic (exact) mass is 455 g/mol. The Morgan fingerprint density at radius 1 is 1.09 bits per heavy atom. The number of nitrogens with zero attached hydrogens (tertiary/aromatic N) is 2. The van der Waals surface area contributed by atoms with Crippen molar-refractivity contribution in [1.82, 2.24) is 9.55 Å². The van der Waals surface area contributed by atoms with Crippen LogP contribution in [0.15, 0.2) is 60.8 Å². The Bertz CT molecular complexity index is 1390. The second-order valence-electron chi connectivity index (χ2n) is 8.37. The lowest BCUT2D eigenvalue weighted by molar-refractivity contribution is 0.0238. The number of rotatable bonds is 7. The summed E-state index contributed by atoms with van der Waals surface area (Å²) in [5, 5.41) is 4.38. The van der Waals surface area contributed by atoms with Gasteiger partial charge in [0.1, 0.15) is 11.4 Å². The van der Waals surface area contributed by atoms with Gasteiger partial charge in [-0.3, -0.25) is 4.98 Å². The predicted octanol–water partition coefficient (Wildman–Crippen LogP) is 5.66. The van der Waals surface area contributed by atoms with Gasteiger partial charge in [0, 0.05) is 58.8 Å². The number of aromatic nitrogens is 2. The van der Waals surface area contributed by atoms with Crippen molar-refractivity contribution in [3.05, 3.63) is 88.9 Å². The van der Waals surface area contributed by atoms with Gasteiger partial charge in [-0.25, -0.2) is 4.79 Å². The Kier molecular flexibility index (Phi) is 5.52. The number of cyclic esters (lactones) is 1. The SMILES string of the molecule is CCNc1ccc(C2(c3c(C)n(CC)c4ccccc34)OC(=O)c3cccnc32)c(OCC)c1. The Hall–Kier alpha value is -3.80. The molecule has 2 aromatic heterocycles. The van der Waals surface area contributed by atoms with Crippen molar-refractivity contribution in [1.29, 1.82) is 0 Å². The number of carbonyl (C=O) groups excluding carboxylic acids is 1. The Balaban J connectivity index is 1.92. The lowest BCUT2D eigenvalue weighted by atomic mass is 9.80. The lowest BCUT2D eigenvalue weighted by Gasteiger charge is -2.31. The first-order valence-corrected chi connectivity index (χ1v) is 11.8. The average molecular weight is 456 g/mol. The number of hydrogen-bond acceptors (Lipinski definition) is 5. The van der Waals surface area contributed by atoms with Gasteiger partial charge in [0.2, 0.25) is 5.60 Å². The quantitative estimate of drug-likeness (QED) is 0.365. The largest absolute Gasteiger partial charge is 0.493 e. The highest BCUT2D eigenvalue weighted by Gasteiger charge is 2.53. The zero-order valence-electron chi connectivity index (χ0n) is 20.0. The summed E-state index contributed by atoms with van der Waals surface area (Å²) in [5.74, 6) is 0.286. The third kappa shape index (κ3) is 3.09. The number of hydrogen-bond donors (Lipinski definition) is 1. The summed E-state index contributed by atoms with van der Waals surface area (Å²) in [5.41, 5.74) is 4.62. The molecule has 1 aliphatic rings. The van der Waals surface area contributed by atoms with Crippen LogP contribution in [-0.2, 0) is 16.9 Å². The second-order valence-corrected chi connectivity index (χ2v) is 8.37. The van der Waals surface area contributed by atoms with E-state index in [1.807, 2.05) is 37.3 Å². The second kappa shape index (κ2) is 8.52. The number of fused-ring (bicyclic) bond motifs is 2. The summed E-state index contributed by atoms with van der Waals surface area (Å²) in [6.45, 7) is 10.3. The molecule has 0 bridgehead atoms. The van der Waals surface area contributed by atoms with Gasteiger partial charge in [-0.1, -0.05) is 18.2 Å². The molecule has 1 N–H and O–H groups in total. The number of anilines is 1. The van der Waals surface area contributed by atoms with E-state index in [2.05, 4.69) is 42.8 Å². The number of ether oxygens (including phenoxy) is 2. The molecule has 0 spiro atoms. The maximum absolute atomic E-state index is 13.3. The minimum atomic E-state index is -1.23. The van der Waals surface area contributed by atoms with Crippen LogP contribution in [0.3, 0.4) is 0 Å². The van der Waals surface area contributed by atoms with Crippen molar-refractivity contribution in [2.75, 3.05) is 18.5 Å². The third-order valence-corrected chi connectivity index (χ3v) is 6.55. The van der Waals surface area contributed by atoms with Crippen LogP contribution in [0.5, 0.6) is 5.75 Å². The minimum absolute atomic E-state index is 0.381. The Labute approximate surface area is 199 Å². The van der Waals surface area contributed by atoms with E-state index in [0.717, 1.165) is 46.5 Å². The first kappa shape index (κ1) is 22.0. The maximum atomic E-state index is 13.3. The zero-order chi connectivity index (χ0) is 23.9. The molecule has 0 saturated carbocycles.